The molecule has 3 unspecified atom stereocenters. The molecular weight excluding hydrogens is 584 g/mol. The Kier molecular flexibility index (Phi) is 25.6. The summed E-state index contributed by atoms with van der Waals surface area (Å²) in [6, 6.07) is -0.883. The van der Waals surface area contributed by atoms with Crippen LogP contribution in [0, 0.1) is 12.3 Å². The van der Waals surface area contributed by atoms with Crippen LogP contribution < -0.4 is 16.4 Å². The summed E-state index contributed by atoms with van der Waals surface area (Å²) < 4.78 is 46.6. The number of hydrogen-bond acceptors (Lipinski definition) is 11. The van der Waals surface area contributed by atoms with Crippen molar-refractivity contribution in [1.29, 1.82) is 0 Å². The van der Waals surface area contributed by atoms with Crippen molar-refractivity contribution in [3.63, 3.8) is 0 Å². The number of hydrogen-bond donors (Lipinski definition) is 6. The molecule has 7 N–H and O–H groups in total. The third kappa shape index (κ3) is 29.9. The van der Waals surface area contributed by atoms with Crippen LogP contribution in [0.1, 0.15) is 66.2 Å². The average molecular weight is 634 g/mol. The average Bonchev–Trinajstić information content (AvgIpc) is 2.85. The van der Waals surface area contributed by atoms with Gasteiger partial charge in [-0.05, 0) is 47.1 Å². The van der Waals surface area contributed by atoms with Crippen molar-refractivity contribution in [3.8, 4) is 12.3 Å². The number of phosphoric acid groups is 2. The first-order valence-electron chi connectivity index (χ1n) is 13.4. The van der Waals surface area contributed by atoms with Crippen molar-refractivity contribution in [2.24, 2.45) is 5.73 Å². The van der Waals surface area contributed by atoms with Gasteiger partial charge in [0.25, 0.3) is 0 Å². The number of carbonyl (C=O) groups is 2. The second-order valence-electron chi connectivity index (χ2n) is 9.13. The number of ether oxygens (including phenoxy) is 1. The molecule has 0 heterocycles. The van der Waals surface area contributed by atoms with Crippen molar-refractivity contribution in [3.05, 3.63) is 0 Å². The Morgan fingerprint density at radius 1 is 0.902 bits per heavy atom. The Bertz CT molecular complexity index is 839. The Morgan fingerprint density at radius 2 is 1.49 bits per heavy atom. The number of phosphoric ester groups is 2. The predicted octanol–water partition coefficient (Wildman–Crippen LogP) is 1.60. The van der Waals surface area contributed by atoms with Gasteiger partial charge in [0, 0.05) is 13.0 Å². The van der Waals surface area contributed by atoms with Gasteiger partial charge >= 0.3 is 15.6 Å². The van der Waals surface area contributed by atoms with Crippen LogP contribution in [0.3, 0.4) is 0 Å². The standard InChI is InChI=1S/C15H27N2O8P.C9H22NO4P/c1-4-8-23-9-6-14(19)16-7-5-15(20)17-13(10-18)11-24-26(21,22)25-12(2)3;1-9(2)14-15(11,12)13-8-6-4-3-5-7-10/h1,12-13,18H,5-11H2,2-3H3,(H,16,19)(H,17,20)(H,21,22);9H,3-8,10H2,1-2H3,(H,11,12). The van der Waals surface area contributed by atoms with Crippen LogP contribution in [-0.4, -0.2) is 91.1 Å². The minimum Gasteiger partial charge on any atom is -0.394 e. The summed E-state index contributed by atoms with van der Waals surface area (Å²) in [7, 11) is -8.08. The fraction of sp³-hybridized carbons (Fsp3) is 0.833. The van der Waals surface area contributed by atoms with Gasteiger partial charge in [0.2, 0.25) is 11.8 Å². The van der Waals surface area contributed by atoms with Crippen LogP contribution in [0.25, 0.3) is 0 Å². The quantitative estimate of drug-likeness (QED) is 0.0535. The Morgan fingerprint density at radius 3 is 2.02 bits per heavy atom. The summed E-state index contributed by atoms with van der Waals surface area (Å²) in [6.07, 6.45) is 7.98. The maximum atomic E-state index is 11.8. The normalized spacial score (nSPS) is 14.8. The van der Waals surface area contributed by atoms with Gasteiger partial charge in [-0.1, -0.05) is 18.8 Å². The highest BCUT2D eigenvalue weighted by Gasteiger charge is 2.25. The molecule has 0 saturated carbocycles. The molecule has 0 radical (unpaired) electrons. The highest BCUT2D eigenvalue weighted by Crippen LogP contribution is 2.45. The van der Waals surface area contributed by atoms with E-state index >= 15 is 0 Å². The van der Waals surface area contributed by atoms with Crippen molar-refractivity contribution < 1.29 is 56.4 Å². The van der Waals surface area contributed by atoms with Gasteiger partial charge in [-0.15, -0.1) is 6.42 Å². The lowest BCUT2D eigenvalue weighted by Crippen LogP contribution is -2.42. The van der Waals surface area contributed by atoms with Crippen LogP contribution in [0.15, 0.2) is 0 Å². The molecule has 0 aromatic rings. The van der Waals surface area contributed by atoms with E-state index in [9.17, 15) is 33.6 Å². The molecule has 3 atom stereocenters. The summed E-state index contributed by atoms with van der Waals surface area (Å²) in [4.78, 5) is 41.8. The first kappa shape index (κ1) is 41.7. The van der Waals surface area contributed by atoms with E-state index in [1.165, 1.54) is 0 Å². The molecule has 2 amide bonds. The molecule has 0 bridgehead atoms. The number of carbonyl (C=O) groups excluding carboxylic acids is 2. The van der Waals surface area contributed by atoms with Crippen molar-refractivity contribution in [1.82, 2.24) is 10.6 Å². The van der Waals surface area contributed by atoms with Crippen molar-refractivity contribution >= 4 is 27.5 Å². The number of terminal acetylenes is 1. The summed E-state index contributed by atoms with van der Waals surface area (Å²) in [5, 5.41) is 14.2. The van der Waals surface area contributed by atoms with E-state index in [4.69, 9.17) is 35.0 Å². The molecule has 0 spiro atoms. The Labute approximate surface area is 243 Å². The molecule has 41 heavy (non-hydrogen) atoms. The van der Waals surface area contributed by atoms with E-state index in [0.29, 0.717) is 6.54 Å². The van der Waals surface area contributed by atoms with Crippen molar-refractivity contribution in [2.75, 3.05) is 46.1 Å². The van der Waals surface area contributed by atoms with E-state index in [1.807, 2.05) is 0 Å². The second-order valence-corrected chi connectivity index (χ2v) is 11.9. The molecule has 0 fully saturated rings. The van der Waals surface area contributed by atoms with Crippen LogP contribution >= 0.6 is 15.6 Å². The monoisotopic (exact) mass is 633 g/mol. The SMILES string of the molecule is C#CCOCCC(=O)NCCC(=O)NC(CO)COP(=O)(O)OC(C)C.CC(C)OP(=O)(O)OCCCCCCN. The third-order valence-corrected chi connectivity index (χ3v) is 6.76. The van der Waals surface area contributed by atoms with E-state index in [2.05, 4.69) is 16.6 Å². The molecule has 242 valence electrons. The van der Waals surface area contributed by atoms with Gasteiger partial charge in [0.15, 0.2) is 0 Å². The summed E-state index contributed by atoms with van der Waals surface area (Å²) in [5.41, 5.74) is 5.33. The molecule has 15 nitrogen and oxygen atoms in total. The first-order chi connectivity index (χ1) is 19.2. The maximum Gasteiger partial charge on any atom is 0.472 e. The molecule has 0 aromatic carbocycles. The zero-order chi connectivity index (χ0) is 31.7. The minimum absolute atomic E-state index is 0.0350. The zero-order valence-corrected chi connectivity index (χ0v) is 26.3. The number of nitrogens with one attached hydrogen (secondary N) is 2. The van der Waals surface area contributed by atoms with Crippen LogP contribution in [-0.2, 0) is 41.6 Å². The fourth-order valence-electron chi connectivity index (χ4n) is 2.70. The highest BCUT2D eigenvalue weighted by atomic mass is 31.2. The zero-order valence-electron chi connectivity index (χ0n) is 24.5. The lowest BCUT2D eigenvalue weighted by molar-refractivity contribution is -0.123. The molecule has 0 aliphatic heterocycles. The fourth-order valence-corrected chi connectivity index (χ4v) is 4.61. The third-order valence-electron chi connectivity index (χ3n) is 4.40. The summed E-state index contributed by atoms with van der Waals surface area (Å²) in [5.74, 6) is 1.52. The number of unbranched alkanes of at least 4 members (excludes halogenated alkanes) is 3. The molecule has 0 aliphatic rings. The minimum atomic E-state index is -4.25. The highest BCUT2D eigenvalue weighted by molar-refractivity contribution is 7.47. The van der Waals surface area contributed by atoms with E-state index < -0.39 is 46.9 Å². The van der Waals surface area contributed by atoms with Crippen LogP contribution in [0.4, 0.5) is 0 Å². The second kappa shape index (κ2) is 25.1. The van der Waals surface area contributed by atoms with Gasteiger partial charge in [-0.25, -0.2) is 9.13 Å². The van der Waals surface area contributed by atoms with Gasteiger partial charge in [-0.2, -0.15) is 0 Å². The van der Waals surface area contributed by atoms with Crippen LogP contribution in [0.2, 0.25) is 0 Å². The number of amides is 2. The maximum absolute atomic E-state index is 11.8. The first-order valence-corrected chi connectivity index (χ1v) is 16.4. The topological polar surface area (TPSA) is 225 Å². The smallest absolute Gasteiger partial charge is 0.394 e. The Balaban J connectivity index is 0. The number of aliphatic hydroxyl groups excluding tert-OH is 1. The molecule has 0 rings (SSSR count). The van der Waals surface area contributed by atoms with Gasteiger partial charge < -0.3 is 36.0 Å². The van der Waals surface area contributed by atoms with Crippen LogP contribution in [0.5, 0.6) is 0 Å². The van der Waals surface area contributed by atoms with E-state index in [0.717, 1.165) is 25.7 Å². The summed E-state index contributed by atoms with van der Waals surface area (Å²) >= 11 is 0. The molecule has 17 heteroatoms. The summed E-state index contributed by atoms with van der Waals surface area (Å²) in [6.45, 7) is 6.96. The molecule has 0 aromatic heterocycles. The van der Waals surface area contributed by atoms with Gasteiger partial charge in [-0.3, -0.25) is 27.7 Å². The molecule has 0 aliphatic carbocycles. The largest absolute Gasteiger partial charge is 0.472 e. The van der Waals surface area contributed by atoms with Gasteiger partial charge in [0.1, 0.15) is 6.61 Å². The van der Waals surface area contributed by atoms with E-state index in [-0.39, 0.29) is 51.2 Å². The number of aliphatic hydroxyl groups is 1. The molecule has 0 saturated heterocycles. The van der Waals surface area contributed by atoms with E-state index in [1.54, 1.807) is 27.7 Å². The van der Waals surface area contributed by atoms with Gasteiger partial charge in [0.05, 0.1) is 51.1 Å². The lowest BCUT2D eigenvalue weighted by atomic mass is 10.2. The van der Waals surface area contributed by atoms with Crippen molar-refractivity contribution in [2.45, 2.75) is 84.5 Å². The Hall–Kier alpha value is -1.40. The number of rotatable bonds is 23. The molecular formula is C24H49N3O12P2. The lowest BCUT2D eigenvalue weighted by Gasteiger charge is -2.19. The number of nitrogens with two attached hydrogens (primary N) is 1. The predicted molar refractivity (Wildman–Crippen MR) is 152 cm³/mol.